The number of halogens is 1. The van der Waals surface area contributed by atoms with Gasteiger partial charge in [0.05, 0.1) is 30.3 Å². The van der Waals surface area contributed by atoms with Crippen molar-refractivity contribution in [2.45, 2.75) is 38.1 Å². The van der Waals surface area contributed by atoms with Crippen molar-refractivity contribution in [3.05, 3.63) is 72.3 Å². The van der Waals surface area contributed by atoms with E-state index in [0.29, 0.717) is 18.1 Å². The van der Waals surface area contributed by atoms with Gasteiger partial charge in [-0.25, -0.2) is 14.4 Å². The summed E-state index contributed by atoms with van der Waals surface area (Å²) in [5, 5.41) is 3.09. The topological polar surface area (TPSA) is 83.9 Å². The van der Waals surface area contributed by atoms with Crippen molar-refractivity contribution in [2.24, 2.45) is 0 Å². The Morgan fingerprint density at radius 1 is 1.10 bits per heavy atom. The average Bonchev–Trinajstić information content (AvgIpc) is 3.26. The molecule has 1 saturated heterocycles. The Morgan fingerprint density at radius 3 is 2.73 bits per heavy atom. The lowest BCUT2D eigenvalue weighted by Gasteiger charge is -2.24. The van der Waals surface area contributed by atoms with E-state index >= 15 is 0 Å². The van der Waals surface area contributed by atoms with E-state index in [1.165, 1.54) is 12.1 Å². The number of carbonyl (C=O) groups is 1. The van der Waals surface area contributed by atoms with Crippen LogP contribution in [0.3, 0.4) is 0 Å². The fourth-order valence-corrected chi connectivity index (χ4v) is 3.71. The van der Waals surface area contributed by atoms with Gasteiger partial charge in [-0.05, 0) is 43.4 Å². The molecule has 1 atom stereocenters. The first-order valence-electron chi connectivity index (χ1n) is 10.1. The maximum Gasteiger partial charge on any atom is 0.223 e. The molecule has 0 aliphatic carbocycles. The molecule has 0 unspecified atom stereocenters. The molecule has 0 bridgehead atoms. The van der Waals surface area contributed by atoms with Gasteiger partial charge in [-0.1, -0.05) is 12.1 Å². The normalized spacial score (nSPS) is 15.9. The standard InChI is InChI=1S/C22H23FN6O/c23-17-8-6-16(7-9-17)3-1-5-22(30)29-12-2-4-19(29)18-13-25-15-21(27-18)28-20-14-24-10-11-26-20/h6-11,13-15,19H,1-5,12H2,(H,26,27,28)/t19-/m1/s1. The van der Waals surface area contributed by atoms with Crippen molar-refractivity contribution in [1.29, 1.82) is 0 Å². The van der Waals surface area contributed by atoms with Gasteiger partial charge in [-0.3, -0.25) is 14.8 Å². The van der Waals surface area contributed by atoms with Crippen molar-refractivity contribution in [3.63, 3.8) is 0 Å². The van der Waals surface area contributed by atoms with E-state index in [1.54, 1.807) is 43.1 Å². The summed E-state index contributed by atoms with van der Waals surface area (Å²) >= 11 is 0. The maximum atomic E-state index is 13.0. The third kappa shape index (κ3) is 4.94. The van der Waals surface area contributed by atoms with Crippen molar-refractivity contribution in [1.82, 2.24) is 24.8 Å². The fourth-order valence-electron chi connectivity index (χ4n) is 3.71. The molecule has 3 aromatic rings. The van der Waals surface area contributed by atoms with Gasteiger partial charge >= 0.3 is 0 Å². The van der Waals surface area contributed by atoms with Gasteiger partial charge in [-0.15, -0.1) is 0 Å². The molecular formula is C22H23FN6O. The first-order chi connectivity index (χ1) is 14.7. The molecule has 0 spiro atoms. The van der Waals surface area contributed by atoms with E-state index in [0.717, 1.165) is 43.5 Å². The smallest absolute Gasteiger partial charge is 0.223 e. The van der Waals surface area contributed by atoms with E-state index in [9.17, 15) is 9.18 Å². The Kier molecular flexibility index (Phi) is 6.22. The van der Waals surface area contributed by atoms with Gasteiger partial charge in [-0.2, -0.15) is 0 Å². The number of rotatable bonds is 7. The van der Waals surface area contributed by atoms with Gasteiger partial charge < -0.3 is 10.2 Å². The number of amides is 1. The SMILES string of the molecule is O=C(CCCc1ccc(F)cc1)N1CCC[C@@H]1c1cncc(Nc2cnccn2)n1. The average molecular weight is 406 g/mol. The number of anilines is 2. The van der Waals surface area contributed by atoms with Gasteiger partial charge in [0.25, 0.3) is 0 Å². The predicted molar refractivity (Wildman–Crippen MR) is 110 cm³/mol. The largest absolute Gasteiger partial charge is 0.334 e. The molecule has 30 heavy (non-hydrogen) atoms. The lowest BCUT2D eigenvalue weighted by atomic mass is 10.1. The van der Waals surface area contributed by atoms with E-state index in [-0.39, 0.29) is 17.8 Å². The Hall–Kier alpha value is -3.42. The molecule has 1 aromatic carbocycles. The highest BCUT2D eigenvalue weighted by atomic mass is 19.1. The molecule has 0 radical (unpaired) electrons. The molecule has 4 rings (SSSR count). The first-order valence-corrected chi connectivity index (χ1v) is 10.1. The van der Waals surface area contributed by atoms with Gasteiger partial charge in [0, 0.05) is 25.4 Å². The highest BCUT2D eigenvalue weighted by Crippen LogP contribution is 2.32. The van der Waals surface area contributed by atoms with Crippen LogP contribution in [-0.4, -0.2) is 37.3 Å². The zero-order valence-electron chi connectivity index (χ0n) is 16.5. The molecule has 1 fully saturated rings. The second-order valence-corrected chi connectivity index (χ2v) is 7.27. The minimum atomic E-state index is -0.244. The number of hydrogen-bond acceptors (Lipinski definition) is 6. The Balaban J connectivity index is 1.37. The van der Waals surface area contributed by atoms with Gasteiger partial charge in [0.2, 0.25) is 5.91 Å². The predicted octanol–water partition coefficient (Wildman–Crippen LogP) is 3.84. The van der Waals surface area contributed by atoms with Crippen LogP contribution in [0.25, 0.3) is 0 Å². The van der Waals surface area contributed by atoms with Gasteiger partial charge in [0.1, 0.15) is 17.5 Å². The molecule has 1 aliphatic rings. The minimum Gasteiger partial charge on any atom is -0.334 e. The lowest BCUT2D eigenvalue weighted by Crippen LogP contribution is -2.31. The quantitative estimate of drug-likeness (QED) is 0.642. The number of aryl methyl sites for hydroxylation is 1. The molecule has 1 N–H and O–H groups in total. The summed E-state index contributed by atoms with van der Waals surface area (Å²) in [6, 6.07) is 6.37. The molecule has 1 aliphatic heterocycles. The van der Waals surface area contributed by atoms with Crippen LogP contribution in [0.5, 0.6) is 0 Å². The van der Waals surface area contributed by atoms with Crippen LogP contribution in [0.15, 0.2) is 55.2 Å². The van der Waals surface area contributed by atoms with Gasteiger partial charge in [0.15, 0.2) is 0 Å². The molecule has 0 saturated carbocycles. The summed E-state index contributed by atoms with van der Waals surface area (Å²) in [4.78, 5) is 31.9. The molecular weight excluding hydrogens is 383 g/mol. The molecule has 3 heterocycles. The summed E-state index contributed by atoms with van der Waals surface area (Å²) in [7, 11) is 0. The number of nitrogens with zero attached hydrogens (tertiary/aromatic N) is 5. The Bertz CT molecular complexity index is 982. The summed E-state index contributed by atoms with van der Waals surface area (Å²) < 4.78 is 13.0. The second kappa shape index (κ2) is 9.39. The number of aromatic nitrogens is 4. The maximum absolute atomic E-state index is 13.0. The van der Waals surface area contributed by atoms with Crippen molar-refractivity contribution in [2.75, 3.05) is 11.9 Å². The molecule has 7 nitrogen and oxygen atoms in total. The van der Waals surface area contributed by atoms with Crippen molar-refractivity contribution in [3.8, 4) is 0 Å². The number of carbonyl (C=O) groups excluding carboxylic acids is 1. The zero-order chi connectivity index (χ0) is 20.8. The van der Waals surface area contributed by atoms with E-state index < -0.39 is 0 Å². The van der Waals surface area contributed by atoms with Crippen LogP contribution in [0.2, 0.25) is 0 Å². The van der Waals surface area contributed by atoms with Crippen LogP contribution < -0.4 is 5.32 Å². The summed E-state index contributed by atoms with van der Waals surface area (Å²) in [5.74, 6) is 1.04. The van der Waals surface area contributed by atoms with Crippen LogP contribution >= 0.6 is 0 Å². The highest BCUT2D eigenvalue weighted by molar-refractivity contribution is 5.77. The second-order valence-electron chi connectivity index (χ2n) is 7.27. The van der Waals surface area contributed by atoms with Crippen LogP contribution in [0.4, 0.5) is 16.0 Å². The number of hydrogen-bond donors (Lipinski definition) is 1. The zero-order valence-corrected chi connectivity index (χ0v) is 16.5. The third-order valence-electron chi connectivity index (χ3n) is 5.16. The van der Waals surface area contributed by atoms with Crippen molar-refractivity contribution >= 4 is 17.5 Å². The monoisotopic (exact) mass is 406 g/mol. The summed E-state index contributed by atoms with van der Waals surface area (Å²) in [6.07, 6.45) is 11.9. The van der Waals surface area contributed by atoms with E-state index in [2.05, 4.69) is 25.3 Å². The van der Waals surface area contributed by atoms with Crippen molar-refractivity contribution < 1.29 is 9.18 Å². The number of nitrogens with one attached hydrogen (secondary N) is 1. The number of likely N-dealkylation sites (tertiary alicyclic amines) is 1. The Morgan fingerprint density at radius 2 is 1.93 bits per heavy atom. The van der Waals surface area contributed by atoms with Crippen LogP contribution in [-0.2, 0) is 11.2 Å². The Labute approximate surface area is 174 Å². The van der Waals surface area contributed by atoms with E-state index in [4.69, 9.17) is 0 Å². The first kappa shape index (κ1) is 19.9. The van der Waals surface area contributed by atoms with E-state index in [1.807, 2.05) is 4.90 Å². The number of benzene rings is 1. The summed E-state index contributed by atoms with van der Waals surface area (Å²) in [5.41, 5.74) is 1.81. The fraction of sp³-hybridized carbons (Fsp3) is 0.318. The molecule has 8 heteroatoms. The molecule has 154 valence electrons. The van der Waals surface area contributed by atoms with Crippen LogP contribution in [0, 0.1) is 5.82 Å². The minimum absolute atomic E-state index is 0.0700. The summed E-state index contributed by atoms with van der Waals surface area (Å²) in [6.45, 7) is 0.726. The van der Waals surface area contributed by atoms with Crippen LogP contribution in [0.1, 0.15) is 43.0 Å². The molecule has 1 amide bonds. The third-order valence-corrected chi connectivity index (χ3v) is 5.16. The highest BCUT2D eigenvalue weighted by Gasteiger charge is 2.30. The molecule has 2 aromatic heterocycles. The lowest BCUT2D eigenvalue weighted by molar-refractivity contribution is -0.132.